The highest BCUT2D eigenvalue weighted by Crippen LogP contribution is 2.36. The van der Waals surface area contributed by atoms with Crippen LogP contribution in [0.1, 0.15) is 23.3 Å². The molecule has 0 aliphatic rings. The lowest BCUT2D eigenvalue weighted by molar-refractivity contribution is 0.146. The number of methoxy groups -OCH3 is 1. The summed E-state index contributed by atoms with van der Waals surface area (Å²) in [6, 6.07) is 10.7. The maximum atomic E-state index is 13.5. The summed E-state index contributed by atoms with van der Waals surface area (Å²) >= 11 is 12.0. The Balaban J connectivity index is 0.00000210. The number of nitrogens with zero attached hydrogens (tertiary/aromatic N) is 1. The smallest absolute Gasteiger partial charge is 0.142 e. The molecule has 4 nitrogen and oxygen atoms in total. The Morgan fingerprint density at radius 3 is 2.31 bits per heavy atom. The summed E-state index contributed by atoms with van der Waals surface area (Å²) in [6.45, 7) is 0. The molecular weight excluding hydrogens is 461 g/mol. The van der Waals surface area contributed by atoms with Crippen molar-refractivity contribution >= 4 is 48.0 Å². The zero-order valence-electron chi connectivity index (χ0n) is 15.2. The minimum atomic E-state index is -1.00. The maximum absolute atomic E-state index is 13.5. The monoisotopic (exact) mass is 478 g/mol. The SMILES string of the molecule is COc1cc([C@H](O)[C@H](N)c2ccc(Cl)c(Cl)c2)ccc1-c1cncc(F)c1.Cl.Cl. The van der Waals surface area contributed by atoms with Gasteiger partial charge in [0.1, 0.15) is 11.6 Å². The van der Waals surface area contributed by atoms with E-state index in [9.17, 15) is 9.50 Å². The van der Waals surface area contributed by atoms with Gasteiger partial charge in [0.15, 0.2) is 0 Å². The Morgan fingerprint density at radius 2 is 1.69 bits per heavy atom. The topological polar surface area (TPSA) is 68.4 Å². The van der Waals surface area contributed by atoms with Crippen molar-refractivity contribution in [2.75, 3.05) is 7.11 Å². The van der Waals surface area contributed by atoms with Crippen molar-refractivity contribution in [1.82, 2.24) is 4.98 Å². The molecular formula is C20H19Cl4FN2O2. The molecule has 0 radical (unpaired) electrons. The Labute approximate surface area is 190 Å². The van der Waals surface area contributed by atoms with Crippen LogP contribution in [0.2, 0.25) is 10.0 Å². The number of benzene rings is 2. The lowest BCUT2D eigenvalue weighted by Gasteiger charge is -2.21. The molecule has 1 heterocycles. The summed E-state index contributed by atoms with van der Waals surface area (Å²) in [4.78, 5) is 3.85. The molecule has 2 aromatic carbocycles. The van der Waals surface area contributed by atoms with Crippen molar-refractivity contribution in [2.45, 2.75) is 12.1 Å². The number of ether oxygens (including phenoxy) is 1. The molecule has 0 amide bonds. The molecule has 0 aliphatic carbocycles. The minimum Gasteiger partial charge on any atom is -0.496 e. The first-order valence-corrected chi connectivity index (χ1v) is 8.83. The van der Waals surface area contributed by atoms with Crippen LogP contribution < -0.4 is 10.5 Å². The first kappa shape index (κ1) is 25.4. The van der Waals surface area contributed by atoms with Gasteiger partial charge in [-0.25, -0.2) is 4.39 Å². The summed E-state index contributed by atoms with van der Waals surface area (Å²) in [7, 11) is 1.50. The number of halogens is 5. The molecule has 0 unspecified atom stereocenters. The number of aliphatic hydroxyl groups is 1. The predicted molar refractivity (Wildman–Crippen MR) is 119 cm³/mol. The van der Waals surface area contributed by atoms with E-state index < -0.39 is 18.0 Å². The van der Waals surface area contributed by atoms with Crippen LogP contribution in [0, 0.1) is 5.82 Å². The molecule has 0 saturated carbocycles. The fraction of sp³-hybridized carbons (Fsp3) is 0.150. The van der Waals surface area contributed by atoms with Crippen LogP contribution in [0.25, 0.3) is 11.1 Å². The van der Waals surface area contributed by atoms with Gasteiger partial charge in [0.25, 0.3) is 0 Å². The molecule has 3 N–H and O–H groups in total. The van der Waals surface area contributed by atoms with Gasteiger partial charge in [-0.15, -0.1) is 24.8 Å². The summed E-state index contributed by atoms with van der Waals surface area (Å²) < 4.78 is 18.9. The molecule has 156 valence electrons. The second kappa shape index (κ2) is 11.0. The summed E-state index contributed by atoms with van der Waals surface area (Å²) in [5.74, 6) is 0.0283. The molecule has 3 aromatic rings. The van der Waals surface area contributed by atoms with Gasteiger partial charge in [0, 0.05) is 17.3 Å². The molecule has 0 bridgehead atoms. The van der Waals surface area contributed by atoms with Crippen molar-refractivity contribution < 1.29 is 14.2 Å². The van der Waals surface area contributed by atoms with Crippen LogP contribution >= 0.6 is 48.0 Å². The van der Waals surface area contributed by atoms with Gasteiger partial charge in [0.05, 0.1) is 35.5 Å². The summed E-state index contributed by atoms with van der Waals surface area (Å²) in [6.07, 6.45) is 1.67. The fourth-order valence-corrected chi connectivity index (χ4v) is 3.11. The van der Waals surface area contributed by atoms with Crippen LogP contribution in [0.3, 0.4) is 0 Å². The number of pyridine rings is 1. The van der Waals surface area contributed by atoms with E-state index in [1.54, 1.807) is 42.6 Å². The van der Waals surface area contributed by atoms with E-state index in [4.69, 9.17) is 33.7 Å². The van der Waals surface area contributed by atoms with Crippen molar-refractivity contribution in [3.8, 4) is 16.9 Å². The van der Waals surface area contributed by atoms with Crippen molar-refractivity contribution in [1.29, 1.82) is 0 Å². The van der Waals surface area contributed by atoms with E-state index in [0.717, 1.165) is 6.20 Å². The third kappa shape index (κ3) is 5.72. The van der Waals surface area contributed by atoms with Crippen molar-refractivity contribution in [3.05, 3.63) is 81.8 Å². The molecule has 0 aliphatic heterocycles. The van der Waals surface area contributed by atoms with Gasteiger partial charge in [-0.2, -0.15) is 0 Å². The number of hydrogen-bond donors (Lipinski definition) is 2. The second-order valence-corrected chi connectivity index (χ2v) is 6.81. The van der Waals surface area contributed by atoms with E-state index in [1.807, 2.05) is 0 Å². The van der Waals surface area contributed by atoms with E-state index in [2.05, 4.69) is 4.98 Å². The zero-order valence-corrected chi connectivity index (χ0v) is 18.3. The zero-order chi connectivity index (χ0) is 19.6. The fourth-order valence-electron chi connectivity index (χ4n) is 2.80. The van der Waals surface area contributed by atoms with Gasteiger partial charge in [-0.05, 0) is 35.4 Å². The first-order valence-electron chi connectivity index (χ1n) is 8.08. The van der Waals surface area contributed by atoms with Gasteiger partial charge >= 0.3 is 0 Å². The Kier molecular flexibility index (Phi) is 9.62. The van der Waals surface area contributed by atoms with Gasteiger partial charge in [-0.1, -0.05) is 41.4 Å². The molecule has 0 saturated heterocycles. The van der Waals surface area contributed by atoms with Crippen molar-refractivity contribution in [2.24, 2.45) is 5.73 Å². The normalized spacial score (nSPS) is 12.3. The Hall–Kier alpha value is -1.60. The van der Waals surface area contributed by atoms with E-state index in [-0.39, 0.29) is 24.8 Å². The molecule has 0 spiro atoms. The number of rotatable bonds is 5. The van der Waals surface area contributed by atoms with Crippen LogP contribution in [0.4, 0.5) is 4.39 Å². The Bertz CT molecular complexity index is 975. The standard InChI is InChI=1S/C20H17Cl2FN2O2.2ClH/c1-27-18-8-12(2-4-15(18)13-6-14(23)10-25-9-13)20(26)19(24)11-3-5-16(21)17(22)7-11;;/h2-10,19-20,26H,24H2,1H3;2*1H/t19-,20+;;/m1../s1. The van der Waals surface area contributed by atoms with Crippen LogP contribution in [-0.2, 0) is 0 Å². The van der Waals surface area contributed by atoms with Crippen LogP contribution in [0.5, 0.6) is 5.75 Å². The first-order chi connectivity index (χ1) is 12.9. The number of aromatic nitrogens is 1. The number of aliphatic hydroxyl groups excluding tert-OH is 1. The van der Waals surface area contributed by atoms with Crippen molar-refractivity contribution in [3.63, 3.8) is 0 Å². The summed E-state index contributed by atoms with van der Waals surface area (Å²) in [5.41, 5.74) is 8.63. The highest BCUT2D eigenvalue weighted by molar-refractivity contribution is 6.42. The minimum absolute atomic E-state index is 0. The Morgan fingerprint density at radius 1 is 1.00 bits per heavy atom. The van der Waals surface area contributed by atoms with E-state index in [0.29, 0.717) is 38.0 Å². The molecule has 3 rings (SSSR count). The average molecular weight is 480 g/mol. The number of nitrogens with two attached hydrogens (primary N) is 1. The van der Waals surface area contributed by atoms with Crippen LogP contribution in [-0.4, -0.2) is 17.2 Å². The van der Waals surface area contributed by atoms with Gasteiger partial charge in [-0.3, -0.25) is 4.98 Å². The third-order valence-electron chi connectivity index (χ3n) is 4.25. The molecule has 2 atom stereocenters. The lowest BCUT2D eigenvalue weighted by Crippen LogP contribution is -2.19. The molecule has 9 heteroatoms. The highest BCUT2D eigenvalue weighted by atomic mass is 35.5. The predicted octanol–water partition coefficient (Wildman–Crippen LogP) is 5.78. The molecule has 29 heavy (non-hydrogen) atoms. The molecule has 0 fully saturated rings. The average Bonchev–Trinajstić information content (AvgIpc) is 2.68. The number of hydrogen-bond acceptors (Lipinski definition) is 4. The third-order valence-corrected chi connectivity index (χ3v) is 4.99. The molecule has 1 aromatic heterocycles. The second-order valence-electron chi connectivity index (χ2n) is 6.00. The quantitative estimate of drug-likeness (QED) is 0.486. The van der Waals surface area contributed by atoms with E-state index in [1.165, 1.54) is 13.2 Å². The van der Waals surface area contributed by atoms with Crippen LogP contribution in [0.15, 0.2) is 54.9 Å². The largest absolute Gasteiger partial charge is 0.496 e. The highest BCUT2D eigenvalue weighted by Gasteiger charge is 2.21. The summed E-state index contributed by atoms with van der Waals surface area (Å²) in [5, 5.41) is 11.5. The maximum Gasteiger partial charge on any atom is 0.142 e. The van der Waals surface area contributed by atoms with Gasteiger partial charge < -0.3 is 15.6 Å². The van der Waals surface area contributed by atoms with E-state index >= 15 is 0 Å². The lowest BCUT2D eigenvalue weighted by atomic mass is 9.94. The van der Waals surface area contributed by atoms with Gasteiger partial charge in [0.2, 0.25) is 0 Å².